The third kappa shape index (κ3) is 14.6. The van der Waals surface area contributed by atoms with E-state index < -0.39 is 0 Å². The molecule has 12 rings (SSSR count). The Kier molecular flexibility index (Phi) is 21.1. The zero-order chi connectivity index (χ0) is 65.5. The van der Waals surface area contributed by atoms with Crippen LogP contribution in [-0.2, 0) is 4.74 Å². The van der Waals surface area contributed by atoms with E-state index in [2.05, 4.69) is 21.0 Å². The zero-order valence-electron chi connectivity index (χ0n) is 53.8. The molecule has 0 N–H and O–H groups in total. The second kappa shape index (κ2) is 28.5. The van der Waals surface area contributed by atoms with Crippen molar-refractivity contribution in [2.45, 2.75) is 13.8 Å². The maximum absolute atomic E-state index is 12.9. The normalized spacial score (nSPS) is 14.5. The van der Waals surface area contributed by atoms with Crippen molar-refractivity contribution in [2.75, 3.05) is 146 Å². The third-order valence-electron chi connectivity index (χ3n) is 17.0. The molecule has 0 saturated heterocycles. The van der Waals surface area contributed by atoms with Crippen LogP contribution in [0.4, 0.5) is 0 Å². The summed E-state index contributed by atoms with van der Waals surface area (Å²) >= 11 is 7.84. The molecule has 0 spiro atoms. The number of imide groups is 4. The van der Waals surface area contributed by atoms with Crippen LogP contribution in [0.3, 0.4) is 0 Å². The van der Waals surface area contributed by atoms with E-state index >= 15 is 0 Å². The maximum Gasteiger partial charge on any atom is 0.261 e. The molecule has 0 unspecified atom stereocenters. The summed E-state index contributed by atoms with van der Waals surface area (Å²) in [6.07, 6.45) is 0. The Balaban J connectivity index is 0.000000144. The molecule has 0 atom stereocenters. The van der Waals surface area contributed by atoms with Gasteiger partial charge in [-0.15, -0.1) is 0 Å². The largest absolute Gasteiger partial charge is 0.332 e. The van der Waals surface area contributed by atoms with Crippen LogP contribution >= 0.6 is 23.4 Å². The van der Waals surface area contributed by atoms with Crippen molar-refractivity contribution in [3.05, 3.63) is 190 Å². The second-order valence-electron chi connectivity index (χ2n) is 25.3. The Morgan fingerprint density at radius 3 is 0.901 bits per heavy atom. The van der Waals surface area contributed by atoms with E-state index in [0.29, 0.717) is 119 Å². The van der Waals surface area contributed by atoms with Crippen molar-refractivity contribution in [1.29, 1.82) is 0 Å². The molecule has 0 bridgehead atoms. The number of carbonyl (C=O) groups is 8. The van der Waals surface area contributed by atoms with Gasteiger partial charge in [-0.2, -0.15) is 11.8 Å². The van der Waals surface area contributed by atoms with Gasteiger partial charge in [-0.05, 0) is 96.8 Å². The van der Waals surface area contributed by atoms with Gasteiger partial charge >= 0.3 is 0 Å². The van der Waals surface area contributed by atoms with Crippen LogP contribution in [0, 0.1) is 0 Å². The standard InChI is InChI=1S/C20H25N2O2S.C19H23N2O3.C17H18ClN2O2.C16H16N2O2/c1-4-25-14-13-22(2,3)12-11-21-19(23)16-9-5-7-15-8-6-10-17(18(15)16)20(21)24;1-4-24-13-21(2,3)12-11-20-18(22)15-9-5-7-14-8-6-10-16(17(14)15)19(20)23;1-20(2,11-18)10-9-19-16(21)13-7-3-5-12-6-4-8-14(15(12)13)17(19)22;1-17(2)9-10-18-15(19)12-7-3-5-11-6-4-8-13(14(11)12)16(18)20/h5-10H,4,11-14H2,1-3H3;5-10H,4,11-13H2,1-3H3;3-8H,9-11H2,1-2H3;3-8H,9-10H2,1-2H3/q3*+1;. The Morgan fingerprint density at radius 2 is 0.648 bits per heavy atom. The highest BCUT2D eigenvalue weighted by atomic mass is 35.5. The van der Waals surface area contributed by atoms with Gasteiger partial charge in [-0.25, -0.2) is 0 Å². The lowest BCUT2D eigenvalue weighted by Crippen LogP contribution is -2.50. The topological polar surface area (TPSA) is 162 Å². The number of alkyl halides is 1. The molecule has 4 heterocycles. The molecule has 4 aliphatic heterocycles. The first-order valence-electron chi connectivity index (χ1n) is 30.8. The van der Waals surface area contributed by atoms with E-state index in [0.717, 1.165) is 72.2 Å². The van der Waals surface area contributed by atoms with E-state index in [4.69, 9.17) is 16.3 Å². The highest BCUT2D eigenvalue weighted by molar-refractivity contribution is 7.99. The average molecular weight is 1270 g/mol. The predicted molar refractivity (Wildman–Crippen MR) is 362 cm³/mol. The fourth-order valence-electron chi connectivity index (χ4n) is 11.6. The van der Waals surface area contributed by atoms with Crippen molar-refractivity contribution < 1.29 is 56.5 Å². The number of hydrogen-bond donors (Lipinski definition) is 0. The fourth-order valence-corrected chi connectivity index (χ4v) is 12.6. The summed E-state index contributed by atoms with van der Waals surface area (Å²) in [6.45, 7) is 10.7. The minimum Gasteiger partial charge on any atom is -0.332 e. The second-order valence-corrected chi connectivity index (χ2v) is 27.0. The number of carbonyl (C=O) groups excluding carboxylic acids is 8. The maximum atomic E-state index is 12.9. The molecule has 0 radical (unpaired) electrons. The SMILES string of the molecule is CCOC[N+](C)(C)CCN1C(=O)c2cccc3cccc(c23)C1=O.CCSCC[N+](C)(C)CCN1C(=O)c2cccc3cccc(c23)C1=O.CN(C)CCN1C(=O)c2cccc3cccc(c23)C1=O.C[N+](C)(CCl)CCN1C(=O)c2cccc3cccc(c23)C1=O. The molecule has 0 aliphatic carbocycles. The third-order valence-corrected chi connectivity index (χ3v) is 18.5. The van der Waals surface area contributed by atoms with Crippen LogP contribution in [0.2, 0.25) is 0 Å². The van der Waals surface area contributed by atoms with Crippen LogP contribution in [0.25, 0.3) is 43.1 Å². The lowest BCUT2D eigenvalue weighted by atomic mass is 9.94. The fraction of sp³-hybridized carbons (Fsp3) is 0.333. The van der Waals surface area contributed by atoms with Gasteiger partial charge in [-0.3, -0.25) is 58.0 Å². The summed E-state index contributed by atoms with van der Waals surface area (Å²) in [5, 5.41) is 6.86. The van der Waals surface area contributed by atoms with Gasteiger partial charge in [0.1, 0.15) is 0 Å². The molecule has 8 aromatic rings. The molecule has 19 heteroatoms. The number of halogens is 1. The number of quaternary nitrogens is 3. The molecule has 8 aromatic carbocycles. The van der Waals surface area contributed by atoms with E-state index in [1.165, 1.54) is 19.6 Å². The minimum atomic E-state index is -0.219. The van der Waals surface area contributed by atoms with Crippen LogP contribution < -0.4 is 0 Å². The minimum absolute atomic E-state index is 0.169. The van der Waals surface area contributed by atoms with Gasteiger partial charge in [0.25, 0.3) is 47.3 Å². The van der Waals surface area contributed by atoms with E-state index in [-0.39, 0.29) is 47.3 Å². The highest BCUT2D eigenvalue weighted by Gasteiger charge is 2.38. The molecular formula is C72H82ClN8O9S+3. The molecule has 0 saturated carbocycles. The number of thioether (sulfide) groups is 1. The highest BCUT2D eigenvalue weighted by Crippen LogP contribution is 2.34. The quantitative estimate of drug-likeness (QED) is 0.0178. The molecule has 0 fully saturated rings. The number of hydrogen-bond acceptors (Lipinski definition) is 11. The lowest BCUT2D eigenvalue weighted by Gasteiger charge is -2.33. The molecule has 4 aliphatic rings. The number of likely N-dealkylation sites (N-methyl/N-ethyl adjacent to an activating group) is 4. The van der Waals surface area contributed by atoms with Gasteiger partial charge in [-0.1, -0.05) is 116 Å². The molecule has 474 valence electrons. The summed E-state index contributed by atoms with van der Waals surface area (Å²) in [5.74, 6) is 0.628. The molecule has 17 nitrogen and oxygen atoms in total. The van der Waals surface area contributed by atoms with Crippen molar-refractivity contribution >= 4 is 114 Å². The average Bonchev–Trinajstić information content (AvgIpc) is 0.795. The summed E-state index contributed by atoms with van der Waals surface area (Å²) in [6, 6.07) is 45.2. The first-order valence-corrected chi connectivity index (χ1v) is 32.5. The zero-order valence-corrected chi connectivity index (χ0v) is 55.4. The Labute approximate surface area is 542 Å². The Hall–Kier alpha value is -8.20. The lowest BCUT2D eigenvalue weighted by molar-refractivity contribution is -0.908. The molecule has 8 amide bonds. The van der Waals surface area contributed by atoms with Crippen LogP contribution in [0.5, 0.6) is 0 Å². The number of benzene rings is 8. The van der Waals surface area contributed by atoms with Gasteiger partial charge in [0.2, 0.25) is 0 Å². The Bertz CT molecular complexity index is 3950. The van der Waals surface area contributed by atoms with Crippen molar-refractivity contribution in [1.82, 2.24) is 24.5 Å². The molecule has 0 aromatic heterocycles. The van der Waals surface area contributed by atoms with Crippen LogP contribution in [0.1, 0.15) is 96.7 Å². The number of ether oxygens (including phenoxy) is 1. The first kappa shape index (κ1) is 67.2. The summed E-state index contributed by atoms with van der Waals surface area (Å²) in [5.41, 5.74) is 4.94. The van der Waals surface area contributed by atoms with Gasteiger partial charge in [0.15, 0.2) is 12.7 Å². The van der Waals surface area contributed by atoms with Gasteiger partial charge in [0.05, 0.1) is 88.1 Å². The molecular weight excluding hydrogens is 1190 g/mol. The van der Waals surface area contributed by atoms with Gasteiger partial charge in [0, 0.05) is 91.5 Å². The van der Waals surface area contributed by atoms with Crippen molar-refractivity contribution in [2.24, 2.45) is 0 Å². The number of rotatable bonds is 20. The summed E-state index contributed by atoms with van der Waals surface area (Å²) in [4.78, 5) is 109. The first-order chi connectivity index (χ1) is 43.4. The van der Waals surface area contributed by atoms with Crippen LogP contribution in [0.15, 0.2) is 146 Å². The van der Waals surface area contributed by atoms with Crippen molar-refractivity contribution in [3.63, 3.8) is 0 Å². The van der Waals surface area contributed by atoms with E-state index in [1.54, 1.807) is 36.4 Å². The number of nitrogens with zero attached hydrogens (tertiary/aromatic N) is 8. The predicted octanol–water partition coefficient (Wildman–Crippen LogP) is 10.5. The van der Waals surface area contributed by atoms with Crippen molar-refractivity contribution in [3.8, 4) is 0 Å². The molecule has 91 heavy (non-hydrogen) atoms. The Morgan fingerprint density at radius 1 is 0.385 bits per heavy atom. The van der Waals surface area contributed by atoms with E-state index in [9.17, 15) is 38.4 Å². The monoisotopic (exact) mass is 1270 g/mol. The van der Waals surface area contributed by atoms with Gasteiger partial charge < -0.3 is 23.1 Å². The summed E-state index contributed by atoms with van der Waals surface area (Å²) < 4.78 is 7.42. The summed E-state index contributed by atoms with van der Waals surface area (Å²) in [7, 11) is 16.2. The smallest absolute Gasteiger partial charge is 0.261 e. The van der Waals surface area contributed by atoms with Crippen LogP contribution in [-0.4, -0.2) is 231 Å². The number of amides is 8. The van der Waals surface area contributed by atoms with E-state index in [1.807, 2.05) is 175 Å².